The molecule has 0 spiro atoms. The number of carbonyl (C=O) groups excluding carboxylic acids is 2. The third kappa shape index (κ3) is 3.63. The van der Waals surface area contributed by atoms with Gasteiger partial charge in [0.25, 0.3) is 0 Å². The second-order valence-electron chi connectivity index (χ2n) is 5.47. The highest BCUT2D eigenvalue weighted by Gasteiger charge is 2.12. The predicted molar refractivity (Wildman–Crippen MR) is 92.7 cm³/mol. The molecule has 0 bridgehead atoms. The molecule has 0 aromatic heterocycles. The van der Waals surface area contributed by atoms with Crippen molar-refractivity contribution in [3.8, 4) is 5.75 Å². The minimum Gasteiger partial charge on any atom is -0.497 e. The van der Waals surface area contributed by atoms with Crippen molar-refractivity contribution in [1.82, 2.24) is 0 Å². The second kappa shape index (κ2) is 7.09. The van der Waals surface area contributed by atoms with Gasteiger partial charge in [-0.15, -0.1) is 0 Å². The summed E-state index contributed by atoms with van der Waals surface area (Å²) in [6.07, 6.45) is 0. The molecule has 0 radical (unpaired) electrons. The van der Waals surface area contributed by atoms with Crippen LogP contribution in [-0.4, -0.2) is 18.7 Å². The van der Waals surface area contributed by atoms with Gasteiger partial charge in [0.05, 0.1) is 7.11 Å². The van der Waals surface area contributed by atoms with E-state index >= 15 is 0 Å². The number of hydrogen-bond acceptors (Lipinski definition) is 3. The van der Waals surface area contributed by atoms with Crippen LogP contribution >= 0.6 is 0 Å². The first kappa shape index (κ1) is 16.6. The van der Waals surface area contributed by atoms with E-state index in [4.69, 9.17) is 4.74 Å². The van der Waals surface area contributed by atoms with Crippen molar-refractivity contribution < 1.29 is 18.7 Å². The average Bonchev–Trinajstić information content (AvgIpc) is 2.67. The smallest absolute Gasteiger partial charge is 0.193 e. The standard InChI is InChI=1S/C21H15FO3/c1-25-19-12-8-17(9-13-19)21(24)15-4-2-14(3-5-15)20(23)16-6-10-18(22)11-7-16/h2-13H,1H3. The zero-order chi connectivity index (χ0) is 17.8. The number of halogens is 1. The van der Waals surface area contributed by atoms with Crippen LogP contribution in [0.3, 0.4) is 0 Å². The summed E-state index contributed by atoms with van der Waals surface area (Å²) in [7, 11) is 1.56. The lowest BCUT2D eigenvalue weighted by atomic mass is 9.98. The summed E-state index contributed by atoms with van der Waals surface area (Å²) >= 11 is 0. The quantitative estimate of drug-likeness (QED) is 0.654. The molecule has 0 aliphatic carbocycles. The summed E-state index contributed by atoms with van der Waals surface area (Å²) in [6, 6.07) is 18.6. The van der Waals surface area contributed by atoms with Gasteiger partial charge < -0.3 is 4.74 Å². The first-order chi connectivity index (χ1) is 12.1. The van der Waals surface area contributed by atoms with Crippen molar-refractivity contribution in [1.29, 1.82) is 0 Å². The van der Waals surface area contributed by atoms with Crippen LogP contribution < -0.4 is 4.74 Å². The largest absolute Gasteiger partial charge is 0.497 e. The zero-order valence-corrected chi connectivity index (χ0v) is 13.5. The zero-order valence-electron chi connectivity index (χ0n) is 13.5. The van der Waals surface area contributed by atoms with Crippen molar-refractivity contribution in [2.75, 3.05) is 7.11 Å². The van der Waals surface area contributed by atoms with Gasteiger partial charge in [-0.05, 0) is 48.5 Å². The first-order valence-corrected chi connectivity index (χ1v) is 7.67. The molecule has 4 heteroatoms. The summed E-state index contributed by atoms with van der Waals surface area (Å²) in [5.74, 6) is -0.0688. The van der Waals surface area contributed by atoms with E-state index in [9.17, 15) is 14.0 Å². The lowest BCUT2D eigenvalue weighted by molar-refractivity contribution is 0.102. The molecule has 0 saturated carbocycles. The third-order valence-electron chi connectivity index (χ3n) is 3.87. The van der Waals surface area contributed by atoms with Crippen LogP contribution in [0, 0.1) is 5.82 Å². The monoisotopic (exact) mass is 334 g/mol. The summed E-state index contributed by atoms with van der Waals surface area (Å²) in [6.45, 7) is 0. The summed E-state index contributed by atoms with van der Waals surface area (Å²) in [5, 5.41) is 0. The van der Waals surface area contributed by atoms with Crippen LogP contribution in [0.5, 0.6) is 5.75 Å². The molecule has 0 atom stereocenters. The molecule has 25 heavy (non-hydrogen) atoms. The van der Waals surface area contributed by atoms with E-state index in [1.165, 1.54) is 24.3 Å². The van der Waals surface area contributed by atoms with Gasteiger partial charge in [0.1, 0.15) is 11.6 Å². The highest BCUT2D eigenvalue weighted by molar-refractivity contribution is 6.11. The lowest BCUT2D eigenvalue weighted by Crippen LogP contribution is -2.04. The normalized spacial score (nSPS) is 10.3. The fourth-order valence-electron chi connectivity index (χ4n) is 2.45. The van der Waals surface area contributed by atoms with Crippen molar-refractivity contribution in [3.05, 3.63) is 101 Å². The van der Waals surface area contributed by atoms with Crippen molar-refractivity contribution in [3.63, 3.8) is 0 Å². The van der Waals surface area contributed by atoms with Gasteiger partial charge in [0.15, 0.2) is 11.6 Å². The minimum atomic E-state index is -0.392. The molecule has 0 N–H and O–H groups in total. The van der Waals surface area contributed by atoms with Crippen LogP contribution in [0.1, 0.15) is 31.8 Å². The maximum absolute atomic E-state index is 12.9. The number of rotatable bonds is 5. The number of benzene rings is 3. The third-order valence-corrected chi connectivity index (χ3v) is 3.87. The van der Waals surface area contributed by atoms with Crippen LogP contribution in [0.25, 0.3) is 0 Å². The summed E-state index contributed by atoms with van der Waals surface area (Å²) < 4.78 is 18.0. The van der Waals surface area contributed by atoms with E-state index in [0.717, 1.165) is 0 Å². The van der Waals surface area contributed by atoms with Crippen molar-refractivity contribution >= 4 is 11.6 Å². The Balaban J connectivity index is 1.80. The number of methoxy groups -OCH3 is 1. The Hall–Kier alpha value is -3.27. The molecule has 0 fully saturated rings. The Morgan fingerprint density at radius 2 is 0.960 bits per heavy atom. The molecular weight excluding hydrogens is 319 g/mol. The second-order valence-corrected chi connectivity index (χ2v) is 5.47. The summed E-state index contributed by atoms with van der Waals surface area (Å²) in [5.41, 5.74) is 1.87. The molecule has 0 aliphatic heterocycles. The average molecular weight is 334 g/mol. The lowest BCUT2D eigenvalue weighted by Gasteiger charge is -2.05. The van der Waals surface area contributed by atoms with Gasteiger partial charge in [0, 0.05) is 22.3 Å². The SMILES string of the molecule is COc1ccc(C(=O)c2ccc(C(=O)c3ccc(F)cc3)cc2)cc1. The van der Waals surface area contributed by atoms with Gasteiger partial charge >= 0.3 is 0 Å². The van der Waals surface area contributed by atoms with Crippen molar-refractivity contribution in [2.45, 2.75) is 0 Å². The topological polar surface area (TPSA) is 43.4 Å². The molecule has 124 valence electrons. The van der Waals surface area contributed by atoms with E-state index in [2.05, 4.69) is 0 Å². The minimum absolute atomic E-state index is 0.136. The number of ketones is 2. The molecule has 3 aromatic rings. The molecule has 3 rings (SSSR count). The Bertz CT molecular complexity index is 895. The predicted octanol–water partition coefficient (Wildman–Crippen LogP) is 4.30. The molecule has 0 heterocycles. The fraction of sp³-hybridized carbons (Fsp3) is 0.0476. The highest BCUT2D eigenvalue weighted by atomic mass is 19.1. The van der Waals surface area contributed by atoms with Gasteiger partial charge in [-0.25, -0.2) is 4.39 Å². The number of hydrogen-bond donors (Lipinski definition) is 0. The van der Waals surface area contributed by atoms with E-state index in [1.54, 1.807) is 55.6 Å². The first-order valence-electron chi connectivity index (χ1n) is 7.67. The maximum atomic E-state index is 12.9. The Morgan fingerprint density at radius 1 is 0.640 bits per heavy atom. The number of carbonyl (C=O) groups is 2. The van der Waals surface area contributed by atoms with E-state index in [1.807, 2.05) is 0 Å². The fourth-order valence-corrected chi connectivity index (χ4v) is 2.45. The van der Waals surface area contributed by atoms with Crippen LogP contribution in [-0.2, 0) is 0 Å². The maximum Gasteiger partial charge on any atom is 0.193 e. The molecule has 0 unspecified atom stereocenters. The van der Waals surface area contributed by atoms with Gasteiger partial charge in [-0.1, -0.05) is 24.3 Å². The Morgan fingerprint density at radius 3 is 1.32 bits per heavy atom. The van der Waals surface area contributed by atoms with E-state index < -0.39 is 5.82 Å². The Kier molecular flexibility index (Phi) is 4.70. The van der Waals surface area contributed by atoms with Gasteiger partial charge in [-0.3, -0.25) is 9.59 Å². The molecule has 3 aromatic carbocycles. The van der Waals surface area contributed by atoms with E-state index in [-0.39, 0.29) is 11.6 Å². The number of ether oxygens (including phenoxy) is 1. The molecule has 0 amide bonds. The highest BCUT2D eigenvalue weighted by Crippen LogP contribution is 2.17. The Labute approximate surface area is 144 Å². The van der Waals surface area contributed by atoms with Crippen molar-refractivity contribution in [2.24, 2.45) is 0 Å². The van der Waals surface area contributed by atoms with Crippen LogP contribution in [0.2, 0.25) is 0 Å². The molecular formula is C21H15FO3. The molecule has 0 aliphatic rings. The van der Waals surface area contributed by atoms with Crippen LogP contribution in [0.4, 0.5) is 4.39 Å². The summed E-state index contributed by atoms with van der Waals surface area (Å²) in [4.78, 5) is 24.8. The van der Waals surface area contributed by atoms with E-state index in [0.29, 0.717) is 28.0 Å². The van der Waals surface area contributed by atoms with Gasteiger partial charge in [0.2, 0.25) is 0 Å². The van der Waals surface area contributed by atoms with Gasteiger partial charge in [-0.2, -0.15) is 0 Å². The molecule has 3 nitrogen and oxygen atoms in total. The molecule has 0 saturated heterocycles. The van der Waals surface area contributed by atoms with Crippen LogP contribution in [0.15, 0.2) is 72.8 Å².